The Hall–Kier alpha value is -2.03. The third kappa shape index (κ3) is 5.56. The Labute approximate surface area is 193 Å². The van der Waals surface area contributed by atoms with Gasteiger partial charge in [0.2, 0.25) is 5.91 Å². The van der Waals surface area contributed by atoms with E-state index in [-0.39, 0.29) is 11.7 Å². The maximum Gasteiger partial charge on any atom is 0.234 e. The first-order chi connectivity index (χ1) is 14.4. The maximum atomic E-state index is 12.3. The lowest BCUT2D eigenvalue weighted by Gasteiger charge is -2.11. The summed E-state index contributed by atoms with van der Waals surface area (Å²) in [5.41, 5.74) is 2.94. The predicted molar refractivity (Wildman–Crippen MR) is 124 cm³/mol. The number of ether oxygens (including phenoxy) is 1. The number of aryl methyl sites for hydroxylation is 1. The van der Waals surface area contributed by atoms with Crippen LogP contribution < -0.4 is 10.1 Å². The number of thioether (sulfide) groups is 1. The Morgan fingerprint density at radius 3 is 2.80 bits per heavy atom. The second-order valence-electron chi connectivity index (χ2n) is 6.60. The number of hydrogen-bond acceptors (Lipinski definition) is 5. The summed E-state index contributed by atoms with van der Waals surface area (Å²) in [4.78, 5) is 12.3. The van der Waals surface area contributed by atoms with Crippen LogP contribution in [0, 0.1) is 13.8 Å². The van der Waals surface area contributed by atoms with Crippen LogP contribution in [-0.2, 0) is 17.9 Å². The molecule has 0 spiro atoms. The van der Waals surface area contributed by atoms with Gasteiger partial charge in [-0.05, 0) is 72.1 Å². The van der Waals surface area contributed by atoms with Crippen LogP contribution in [0.2, 0.25) is 5.02 Å². The molecule has 0 saturated carbocycles. The smallest absolute Gasteiger partial charge is 0.234 e. The lowest BCUT2D eigenvalue weighted by molar-refractivity contribution is -0.113. The van der Waals surface area contributed by atoms with E-state index in [2.05, 4.69) is 44.4 Å². The number of rotatable bonds is 8. The summed E-state index contributed by atoms with van der Waals surface area (Å²) in [6.07, 6.45) is 0. The highest BCUT2D eigenvalue weighted by atomic mass is 79.9. The van der Waals surface area contributed by atoms with Crippen LogP contribution in [0.1, 0.15) is 23.9 Å². The van der Waals surface area contributed by atoms with Crippen molar-refractivity contribution in [2.45, 2.75) is 39.1 Å². The van der Waals surface area contributed by atoms with E-state index >= 15 is 0 Å². The second kappa shape index (κ2) is 10.3. The van der Waals surface area contributed by atoms with Crippen molar-refractivity contribution in [1.82, 2.24) is 14.8 Å². The van der Waals surface area contributed by atoms with Gasteiger partial charge < -0.3 is 14.6 Å². The highest BCUT2D eigenvalue weighted by Crippen LogP contribution is 2.26. The molecule has 1 heterocycles. The highest BCUT2D eigenvalue weighted by molar-refractivity contribution is 9.10. The van der Waals surface area contributed by atoms with E-state index in [1.54, 1.807) is 18.2 Å². The van der Waals surface area contributed by atoms with Crippen molar-refractivity contribution >= 4 is 50.9 Å². The van der Waals surface area contributed by atoms with Crippen LogP contribution in [0.15, 0.2) is 46.0 Å². The lowest BCUT2D eigenvalue weighted by atomic mass is 10.1. The number of nitrogens with one attached hydrogen (secondary N) is 1. The largest absolute Gasteiger partial charge is 0.485 e. The molecule has 2 aromatic carbocycles. The number of anilines is 1. The summed E-state index contributed by atoms with van der Waals surface area (Å²) < 4.78 is 8.70. The Bertz CT molecular complexity index is 1060. The van der Waals surface area contributed by atoms with Gasteiger partial charge in [-0.15, -0.1) is 10.2 Å². The van der Waals surface area contributed by atoms with E-state index in [1.165, 1.54) is 17.3 Å². The third-order valence-electron chi connectivity index (χ3n) is 4.56. The van der Waals surface area contributed by atoms with Gasteiger partial charge in [-0.25, -0.2) is 0 Å². The zero-order valence-corrected chi connectivity index (χ0v) is 20.1. The second-order valence-corrected chi connectivity index (χ2v) is 8.80. The fraction of sp³-hybridized carbons (Fsp3) is 0.286. The zero-order chi connectivity index (χ0) is 21.7. The van der Waals surface area contributed by atoms with E-state index in [4.69, 9.17) is 16.3 Å². The van der Waals surface area contributed by atoms with E-state index in [0.717, 1.165) is 21.6 Å². The number of aromatic nitrogens is 3. The molecule has 30 heavy (non-hydrogen) atoms. The van der Waals surface area contributed by atoms with Gasteiger partial charge in [-0.3, -0.25) is 4.79 Å². The molecule has 0 aliphatic carbocycles. The van der Waals surface area contributed by atoms with Gasteiger partial charge in [-0.1, -0.05) is 35.5 Å². The Morgan fingerprint density at radius 2 is 2.07 bits per heavy atom. The van der Waals surface area contributed by atoms with Crippen molar-refractivity contribution in [3.63, 3.8) is 0 Å². The molecule has 0 aliphatic heterocycles. The first-order valence-corrected chi connectivity index (χ1v) is 11.5. The van der Waals surface area contributed by atoms with Gasteiger partial charge >= 0.3 is 0 Å². The van der Waals surface area contributed by atoms with Crippen LogP contribution in [0.25, 0.3) is 0 Å². The van der Waals surface area contributed by atoms with Gasteiger partial charge in [0.15, 0.2) is 11.0 Å². The number of benzene rings is 2. The number of nitrogens with zero attached hydrogens (tertiary/aromatic N) is 3. The first kappa shape index (κ1) is 22.7. The molecule has 0 bridgehead atoms. The molecule has 3 rings (SSSR count). The summed E-state index contributed by atoms with van der Waals surface area (Å²) in [5.74, 6) is 1.63. The van der Waals surface area contributed by atoms with Gasteiger partial charge in [0.25, 0.3) is 0 Å². The molecule has 0 unspecified atom stereocenters. The molecule has 0 radical (unpaired) electrons. The van der Waals surface area contributed by atoms with E-state index < -0.39 is 0 Å². The molecular formula is C21H22BrClN4O2S. The maximum absolute atomic E-state index is 12.3. The SMILES string of the molecule is CCn1c(COc2cccc(C)c2C)nnc1SCC(=O)Nc1ccc(Br)c(Cl)c1. The van der Waals surface area contributed by atoms with E-state index in [0.29, 0.717) is 29.0 Å². The molecule has 1 aromatic heterocycles. The minimum absolute atomic E-state index is 0.141. The summed E-state index contributed by atoms with van der Waals surface area (Å²) in [6, 6.07) is 11.3. The topological polar surface area (TPSA) is 69.0 Å². The molecular weight excluding hydrogens is 488 g/mol. The van der Waals surface area contributed by atoms with Crippen molar-refractivity contribution in [3.8, 4) is 5.75 Å². The average Bonchev–Trinajstić information content (AvgIpc) is 3.12. The van der Waals surface area contributed by atoms with Crippen molar-refractivity contribution < 1.29 is 9.53 Å². The standard InChI is InChI=1S/C21H22BrClN4O2S/c1-4-27-19(11-29-18-7-5-6-13(2)14(18)3)25-26-21(27)30-12-20(28)24-15-8-9-16(22)17(23)10-15/h5-10H,4,11-12H2,1-3H3,(H,24,28). The summed E-state index contributed by atoms with van der Waals surface area (Å²) in [6.45, 7) is 7.10. The zero-order valence-electron chi connectivity index (χ0n) is 16.9. The van der Waals surface area contributed by atoms with Crippen molar-refractivity contribution in [2.75, 3.05) is 11.1 Å². The van der Waals surface area contributed by atoms with Crippen molar-refractivity contribution in [3.05, 3.63) is 62.8 Å². The van der Waals surface area contributed by atoms with E-state index in [9.17, 15) is 4.79 Å². The fourth-order valence-corrected chi connectivity index (χ4v) is 4.02. The number of hydrogen-bond donors (Lipinski definition) is 1. The number of amides is 1. The molecule has 3 aromatic rings. The lowest BCUT2D eigenvalue weighted by Crippen LogP contribution is -2.15. The molecule has 0 atom stereocenters. The van der Waals surface area contributed by atoms with Crippen LogP contribution >= 0.6 is 39.3 Å². The summed E-state index contributed by atoms with van der Waals surface area (Å²) >= 11 is 10.7. The van der Waals surface area contributed by atoms with Crippen LogP contribution in [-0.4, -0.2) is 26.4 Å². The minimum atomic E-state index is -0.141. The Morgan fingerprint density at radius 1 is 1.27 bits per heavy atom. The quantitative estimate of drug-likeness (QED) is 0.398. The summed E-state index contributed by atoms with van der Waals surface area (Å²) in [5, 5.41) is 12.5. The number of carbonyl (C=O) groups is 1. The van der Waals surface area contributed by atoms with Gasteiger partial charge in [0, 0.05) is 16.7 Å². The van der Waals surface area contributed by atoms with E-state index in [1.807, 2.05) is 30.5 Å². The molecule has 1 amide bonds. The Kier molecular flexibility index (Phi) is 7.80. The predicted octanol–water partition coefficient (Wildman–Crippen LogP) is 5.64. The third-order valence-corrected chi connectivity index (χ3v) is 6.76. The molecule has 158 valence electrons. The molecule has 0 saturated heterocycles. The van der Waals surface area contributed by atoms with Gasteiger partial charge in [-0.2, -0.15) is 0 Å². The van der Waals surface area contributed by atoms with Crippen LogP contribution in [0.5, 0.6) is 5.75 Å². The molecule has 0 fully saturated rings. The normalized spacial score (nSPS) is 10.8. The van der Waals surface area contributed by atoms with Crippen LogP contribution in [0.4, 0.5) is 5.69 Å². The number of carbonyl (C=O) groups excluding carboxylic acids is 1. The average molecular weight is 510 g/mol. The molecule has 1 N–H and O–H groups in total. The highest BCUT2D eigenvalue weighted by Gasteiger charge is 2.14. The molecule has 9 heteroatoms. The fourth-order valence-electron chi connectivity index (χ4n) is 2.77. The number of halogens is 2. The van der Waals surface area contributed by atoms with Gasteiger partial charge in [0.05, 0.1) is 10.8 Å². The van der Waals surface area contributed by atoms with Gasteiger partial charge in [0.1, 0.15) is 12.4 Å². The molecule has 0 aliphatic rings. The Balaban J connectivity index is 1.60. The van der Waals surface area contributed by atoms with Crippen molar-refractivity contribution in [1.29, 1.82) is 0 Å². The monoisotopic (exact) mass is 508 g/mol. The summed E-state index contributed by atoms with van der Waals surface area (Å²) in [7, 11) is 0. The first-order valence-electron chi connectivity index (χ1n) is 9.37. The van der Waals surface area contributed by atoms with Crippen LogP contribution in [0.3, 0.4) is 0 Å². The minimum Gasteiger partial charge on any atom is -0.485 e. The molecule has 6 nitrogen and oxygen atoms in total. The van der Waals surface area contributed by atoms with Crippen molar-refractivity contribution in [2.24, 2.45) is 0 Å².